The molecule has 2 aliphatic heterocycles. The van der Waals surface area contributed by atoms with Crippen LogP contribution in [-0.4, -0.2) is 57.3 Å². The van der Waals surface area contributed by atoms with Gasteiger partial charge >= 0.3 is 6.03 Å². The number of hydrogen-bond donors (Lipinski definition) is 0. The van der Waals surface area contributed by atoms with Crippen LogP contribution >= 0.6 is 0 Å². The number of hydrogen-bond acceptors (Lipinski definition) is 4. The van der Waals surface area contributed by atoms with Gasteiger partial charge < -0.3 is 4.90 Å². The summed E-state index contributed by atoms with van der Waals surface area (Å²) >= 11 is 0. The third-order valence-electron chi connectivity index (χ3n) is 7.37. The van der Waals surface area contributed by atoms with Crippen LogP contribution in [-0.2, 0) is 17.9 Å². The van der Waals surface area contributed by atoms with E-state index < -0.39 is 5.54 Å². The number of urea groups is 1. The van der Waals surface area contributed by atoms with Crippen LogP contribution in [0.1, 0.15) is 29.5 Å². The van der Waals surface area contributed by atoms with Gasteiger partial charge in [-0.2, -0.15) is 0 Å². The highest BCUT2D eigenvalue weighted by Gasteiger charge is 2.56. The van der Waals surface area contributed by atoms with Gasteiger partial charge in [-0.1, -0.05) is 54.6 Å². The van der Waals surface area contributed by atoms with Crippen LogP contribution in [0.3, 0.4) is 0 Å². The van der Waals surface area contributed by atoms with Crippen molar-refractivity contribution in [2.45, 2.75) is 38.4 Å². The summed E-state index contributed by atoms with van der Waals surface area (Å²) in [6, 6.07) is 20.7. The quantitative estimate of drug-likeness (QED) is 0.533. The second-order valence-corrected chi connectivity index (χ2v) is 9.41. The Morgan fingerprint density at radius 2 is 1.62 bits per heavy atom. The molecule has 6 heteroatoms. The molecule has 1 aromatic heterocycles. The van der Waals surface area contributed by atoms with Crippen molar-refractivity contribution >= 4 is 11.9 Å². The lowest BCUT2D eigenvalue weighted by Crippen LogP contribution is -2.55. The van der Waals surface area contributed by atoms with Crippen molar-refractivity contribution in [3.63, 3.8) is 0 Å². The summed E-state index contributed by atoms with van der Waals surface area (Å²) in [7, 11) is 1.77. The Kier molecular flexibility index (Phi) is 5.92. The average molecular weight is 455 g/mol. The number of carbonyl (C=O) groups is 2. The van der Waals surface area contributed by atoms with Crippen LogP contribution in [0, 0.1) is 6.92 Å². The van der Waals surface area contributed by atoms with E-state index in [2.05, 4.69) is 65.3 Å². The van der Waals surface area contributed by atoms with E-state index in [9.17, 15) is 9.59 Å². The Hall–Kier alpha value is -3.51. The van der Waals surface area contributed by atoms with Crippen molar-refractivity contribution in [1.29, 1.82) is 0 Å². The first-order valence-corrected chi connectivity index (χ1v) is 11.8. The van der Waals surface area contributed by atoms with Gasteiger partial charge in [0.1, 0.15) is 5.54 Å². The van der Waals surface area contributed by atoms with Gasteiger partial charge in [0.15, 0.2) is 0 Å². The van der Waals surface area contributed by atoms with Crippen molar-refractivity contribution in [3.05, 3.63) is 89.7 Å². The Bertz CT molecular complexity index is 1180. The molecule has 0 radical (unpaired) electrons. The van der Waals surface area contributed by atoms with Crippen molar-refractivity contribution in [1.82, 2.24) is 19.7 Å². The highest BCUT2D eigenvalue weighted by Crippen LogP contribution is 2.37. The van der Waals surface area contributed by atoms with E-state index in [4.69, 9.17) is 0 Å². The van der Waals surface area contributed by atoms with Gasteiger partial charge in [-0.05, 0) is 53.6 Å². The van der Waals surface area contributed by atoms with Crippen LogP contribution in [0.5, 0.6) is 0 Å². The van der Waals surface area contributed by atoms with Gasteiger partial charge in [0, 0.05) is 39.1 Å². The highest BCUT2D eigenvalue weighted by molar-refractivity contribution is 6.06. The monoisotopic (exact) mass is 454 g/mol. The summed E-state index contributed by atoms with van der Waals surface area (Å²) in [6.45, 7) is 4.81. The van der Waals surface area contributed by atoms with Crippen LogP contribution < -0.4 is 0 Å². The van der Waals surface area contributed by atoms with Crippen molar-refractivity contribution in [2.24, 2.45) is 0 Å². The number of nitrogens with zero attached hydrogens (tertiary/aromatic N) is 4. The normalized spacial score (nSPS) is 18.2. The number of aromatic nitrogens is 1. The largest absolute Gasteiger partial charge is 0.327 e. The molecular formula is C28H30N4O2. The fraction of sp³-hybridized carbons (Fsp3) is 0.321. The van der Waals surface area contributed by atoms with Gasteiger partial charge in [-0.15, -0.1) is 0 Å². The molecule has 0 saturated carbocycles. The van der Waals surface area contributed by atoms with Gasteiger partial charge in [0.25, 0.3) is 5.91 Å². The molecule has 2 saturated heterocycles. The topological polar surface area (TPSA) is 56.8 Å². The number of piperidine rings is 1. The lowest BCUT2D eigenvalue weighted by molar-refractivity contribution is -0.135. The van der Waals surface area contributed by atoms with E-state index in [1.807, 2.05) is 12.1 Å². The molecule has 0 N–H and O–H groups in total. The lowest BCUT2D eigenvalue weighted by atomic mass is 9.86. The first-order chi connectivity index (χ1) is 16.5. The molecule has 2 aliphatic rings. The number of likely N-dealkylation sites (N-methyl/N-ethyl adjacent to an activating group) is 1. The number of rotatable bonds is 5. The van der Waals surface area contributed by atoms with E-state index in [-0.39, 0.29) is 18.5 Å². The number of amides is 3. The van der Waals surface area contributed by atoms with Crippen LogP contribution in [0.15, 0.2) is 73.1 Å². The molecule has 2 fully saturated rings. The number of pyridine rings is 1. The summed E-state index contributed by atoms with van der Waals surface area (Å²) in [6.07, 6.45) is 4.70. The second kappa shape index (κ2) is 9.03. The first-order valence-electron chi connectivity index (χ1n) is 11.8. The first kappa shape index (κ1) is 22.3. The van der Waals surface area contributed by atoms with Crippen LogP contribution in [0.25, 0.3) is 11.1 Å². The van der Waals surface area contributed by atoms with E-state index >= 15 is 0 Å². The van der Waals surface area contributed by atoms with Gasteiger partial charge in [-0.25, -0.2) is 4.79 Å². The Morgan fingerprint density at radius 1 is 0.882 bits per heavy atom. The smallest absolute Gasteiger partial charge is 0.312 e. The van der Waals surface area contributed by atoms with E-state index in [0.717, 1.165) is 25.2 Å². The van der Waals surface area contributed by atoms with E-state index in [1.54, 1.807) is 24.3 Å². The zero-order chi connectivity index (χ0) is 23.7. The average Bonchev–Trinajstić information content (AvgIpc) is 3.03. The van der Waals surface area contributed by atoms with E-state index in [1.165, 1.54) is 27.2 Å². The van der Waals surface area contributed by atoms with Crippen LogP contribution in [0.2, 0.25) is 0 Å². The van der Waals surface area contributed by atoms with Gasteiger partial charge in [0.05, 0.1) is 6.54 Å². The Morgan fingerprint density at radius 3 is 2.29 bits per heavy atom. The van der Waals surface area contributed by atoms with Crippen LogP contribution in [0.4, 0.5) is 4.79 Å². The lowest BCUT2D eigenvalue weighted by Gasteiger charge is -2.40. The Balaban J connectivity index is 1.23. The third-order valence-corrected chi connectivity index (χ3v) is 7.37. The zero-order valence-electron chi connectivity index (χ0n) is 19.8. The van der Waals surface area contributed by atoms with Crippen molar-refractivity contribution in [3.8, 4) is 11.1 Å². The van der Waals surface area contributed by atoms with Gasteiger partial charge in [-0.3, -0.25) is 19.6 Å². The predicted molar refractivity (Wildman–Crippen MR) is 132 cm³/mol. The molecule has 0 bridgehead atoms. The van der Waals surface area contributed by atoms with Crippen molar-refractivity contribution < 1.29 is 9.59 Å². The maximum atomic E-state index is 13.4. The molecular weight excluding hydrogens is 424 g/mol. The second-order valence-electron chi connectivity index (χ2n) is 9.41. The van der Waals surface area contributed by atoms with Gasteiger partial charge in [0.2, 0.25) is 0 Å². The third kappa shape index (κ3) is 3.99. The standard InChI is InChI=1S/C28H30N4O2/c1-21-6-3-4-8-25(21)24-11-9-22(10-12-24)19-31-16-13-28(14-17-31)26(33)32(27(34)30(28)2)20-23-7-5-15-29-18-23/h3-12,15,18H,13-14,16-17,19-20H2,1-2H3. The molecule has 5 rings (SSSR count). The SMILES string of the molecule is Cc1ccccc1-c1ccc(CN2CCC3(CC2)C(=O)N(Cc2cccnc2)C(=O)N3C)cc1. The number of carbonyl (C=O) groups excluding carboxylic acids is 2. The minimum atomic E-state index is -0.732. The molecule has 0 aliphatic carbocycles. The summed E-state index contributed by atoms with van der Waals surface area (Å²) in [5.74, 6) is -0.0777. The zero-order valence-corrected chi connectivity index (χ0v) is 19.8. The molecule has 34 heavy (non-hydrogen) atoms. The molecule has 6 nitrogen and oxygen atoms in total. The summed E-state index contributed by atoms with van der Waals surface area (Å²) in [5.41, 5.74) is 5.15. The molecule has 3 aromatic rings. The summed E-state index contributed by atoms with van der Waals surface area (Å²) < 4.78 is 0. The molecule has 3 amide bonds. The fourth-order valence-electron chi connectivity index (χ4n) is 5.23. The molecule has 1 spiro atoms. The Labute approximate surface area is 200 Å². The summed E-state index contributed by atoms with van der Waals surface area (Å²) in [5, 5.41) is 0. The molecule has 0 unspecified atom stereocenters. The maximum absolute atomic E-state index is 13.4. The fourth-order valence-corrected chi connectivity index (χ4v) is 5.23. The highest BCUT2D eigenvalue weighted by atomic mass is 16.2. The maximum Gasteiger partial charge on any atom is 0.327 e. The number of aryl methyl sites for hydroxylation is 1. The minimum Gasteiger partial charge on any atom is -0.312 e. The minimum absolute atomic E-state index is 0.0777. The van der Waals surface area contributed by atoms with Crippen molar-refractivity contribution in [2.75, 3.05) is 20.1 Å². The number of imide groups is 1. The number of likely N-dealkylation sites (tertiary alicyclic amines) is 1. The molecule has 2 aromatic carbocycles. The summed E-state index contributed by atoms with van der Waals surface area (Å²) in [4.78, 5) is 35.9. The van der Waals surface area contributed by atoms with E-state index in [0.29, 0.717) is 12.8 Å². The molecule has 3 heterocycles. The molecule has 174 valence electrons. The predicted octanol–water partition coefficient (Wildman–Crippen LogP) is 4.49. The number of benzene rings is 2. The molecule has 0 atom stereocenters.